The van der Waals surface area contributed by atoms with Crippen molar-refractivity contribution >= 4 is 17.7 Å². The van der Waals surface area contributed by atoms with Gasteiger partial charge in [-0.05, 0) is 67.6 Å². The molecule has 35 heavy (non-hydrogen) atoms. The molecule has 186 valence electrons. The van der Waals surface area contributed by atoms with E-state index in [0.29, 0.717) is 11.7 Å². The Kier molecular flexibility index (Phi) is 9.35. The first-order valence-electron chi connectivity index (χ1n) is 12.2. The molecule has 1 aliphatic heterocycles. The van der Waals surface area contributed by atoms with Crippen LogP contribution in [0, 0.1) is 24.7 Å². The van der Waals surface area contributed by atoms with Crippen LogP contribution in [0.3, 0.4) is 0 Å². The Balaban J connectivity index is 1.48. The largest absolute Gasteiger partial charge is 0.493 e. The van der Waals surface area contributed by atoms with Crippen molar-refractivity contribution in [3.63, 3.8) is 0 Å². The normalized spacial score (nSPS) is 16.5. The molecular weight excluding hydrogens is 462 g/mol. The molecule has 2 aromatic rings. The second-order valence-corrected chi connectivity index (χ2v) is 10.2. The molecule has 0 aromatic heterocycles. The van der Waals surface area contributed by atoms with Crippen molar-refractivity contribution in [3.8, 4) is 23.3 Å². The highest BCUT2D eigenvalue weighted by Crippen LogP contribution is 2.34. The first kappa shape index (κ1) is 25.4. The summed E-state index contributed by atoms with van der Waals surface area (Å²) in [5.74, 6) is 7.75. The van der Waals surface area contributed by atoms with Gasteiger partial charge < -0.3 is 19.3 Å². The molecule has 0 atom stereocenters. The first-order valence-corrected chi connectivity index (χ1v) is 13.1. The van der Waals surface area contributed by atoms with E-state index in [4.69, 9.17) is 19.3 Å². The minimum Gasteiger partial charge on any atom is -0.493 e. The maximum Gasteiger partial charge on any atom is 0.341 e. The van der Waals surface area contributed by atoms with E-state index in [0.717, 1.165) is 66.1 Å². The molecule has 1 N–H and O–H groups in total. The predicted octanol–water partition coefficient (Wildman–Crippen LogP) is 4.86. The van der Waals surface area contributed by atoms with Crippen molar-refractivity contribution in [1.29, 1.82) is 0 Å². The Morgan fingerprint density at radius 1 is 1.11 bits per heavy atom. The number of nitrogens with zero attached hydrogens (tertiary/aromatic N) is 1. The molecule has 1 heterocycles. The van der Waals surface area contributed by atoms with Gasteiger partial charge in [-0.15, -0.1) is 0 Å². The summed E-state index contributed by atoms with van der Waals surface area (Å²) in [6, 6.07) is 12.0. The molecule has 2 aliphatic rings. The van der Waals surface area contributed by atoms with Crippen molar-refractivity contribution in [2.45, 2.75) is 42.4 Å². The highest BCUT2D eigenvalue weighted by Gasteiger charge is 2.16. The van der Waals surface area contributed by atoms with Crippen LogP contribution in [-0.2, 0) is 9.53 Å². The molecule has 0 spiro atoms. The Labute approximate surface area is 211 Å². The average Bonchev–Trinajstić information content (AvgIpc) is 3.37. The van der Waals surface area contributed by atoms with Crippen LogP contribution in [0.4, 0.5) is 0 Å². The van der Waals surface area contributed by atoms with E-state index < -0.39 is 5.97 Å². The molecule has 0 amide bonds. The Morgan fingerprint density at radius 2 is 1.91 bits per heavy atom. The molecular formula is C28H33NO5S. The van der Waals surface area contributed by atoms with Gasteiger partial charge in [0.05, 0.1) is 26.4 Å². The summed E-state index contributed by atoms with van der Waals surface area (Å²) in [6.45, 7) is 6.45. The molecule has 6 nitrogen and oxygen atoms in total. The Hall–Kier alpha value is -2.66. The number of morpholine rings is 1. The fourth-order valence-electron chi connectivity index (χ4n) is 4.31. The summed E-state index contributed by atoms with van der Waals surface area (Å²) in [7, 11) is 0. The van der Waals surface area contributed by atoms with Crippen LogP contribution in [0.15, 0.2) is 46.2 Å². The highest BCUT2D eigenvalue weighted by atomic mass is 32.2. The lowest BCUT2D eigenvalue weighted by Crippen LogP contribution is -2.36. The number of hydrogen-bond acceptors (Lipinski definition) is 6. The molecule has 1 aliphatic carbocycles. The van der Waals surface area contributed by atoms with Crippen LogP contribution in [0.25, 0.3) is 0 Å². The number of benzene rings is 2. The van der Waals surface area contributed by atoms with Crippen molar-refractivity contribution in [3.05, 3.63) is 47.5 Å². The maximum absolute atomic E-state index is 10.8. The van der Waals surface area contributed by atoms with E-state index in [-0.39, 0.29) is 6.61 Å². The quantitative estimate of drug-likeness (QED) is 0.498. The van der Waals surface area contributed by atoms with E-state index in [1.807, 2.05) is 31.2 Å². The van der Waals surface area contributed by atoms with Crippen molar-refractivity contribution in [2.75, 3.05) is 46.1 Å². The first-order chi connectivity index (χ1) is 17.0. The van der Waals surface area contributed by atoms with Gasteiger partial charge >= 0.3 is 5.97 Å². The molecule has 4 rings (SSSR count). The lowest BCUT2D eigenvalue weighted by Gasteiger charge is -2.24. The van der Waals surface area contributed by atoms with Crippen molar-refractivity contribution in [1.82, 2.24) is 4.90 Å². The van der Waals surface area contributed by atoms with Crippen molar-refractivity contribution in [2.24, 2.45) is 5.92 Å². The van der Waals surface area contributed by atoms with Gasteiger partial charge in [0.25, 0.3) is 0 Å². The molecule has 0 bridgehead atoms. The Bertz CT molecular complexity index is 1060. The van der Waals surface area contributed by atoms with E-state index >= 15 is 0 Å². The van der Waals surface area contributed by atoms with Crippen LogP contribution >= 0.6 is 11.8 Å². The lowest BCUT2D eigenvalue weighted by atomic mass is 10.1. The van der Waals surface area contributed by atoms with Gasteiger partial charge in [0.1, 0.15) is 11.5 Å². The summed E-state index contributed by atoms with van der Waals surface area (Å²) in [4.78, 5) is 15.2. The van der Waals surface area contributed by atoms with Gasteiger partial charge in [0.15, 0.2) is 6.61 Å². The van der Waals surface area contributed by atoms with Gasteiger partial charge in [-0.1, -0.05) is 36.4 Å². The third-order valence-electron chi connectivity index (χ3n) is 6.21. The summed E-state index contributed by atoms with van der Waals surface area (Å²) < 4.78 is 17.0. The van der Waals surface area contributed by atoms with Crippen LogP contribution in [0.5, 0.6) is 11.5 Å². The molecule has 2 fully saturated rings. The van der Waals surface area contributed by atoms with Gasteiger partial charge in [-0.2, -0.15) is 0 Å². The Morgan fingerprint density at radius 3 is 2.66 bits per heavy atom. The van der Waals surface area contributed by atoms with E-state index in [9.17, 15) is 4.79 Å². The van der Waals surface area contributed by atoms with Crippen LogP contribution in [-0.4, -0.2) is 62.0 Å². The SMILES string of the molecule is Cc1cc(Sc2cc(C#CCN3CCOCC3)cc(OCC3CCCC3)c2)ccc1OCC(=O)O. The minimum absolute atomic E-state index is 0.347. The van der Waals surface area contributed by atoms with E-state index in [1.165, 1.54) is 25.7 Å². The van der Waals surface area contributed by atoms with Crippen LogP contribution < -0.4 is 9.47 Å². The summed E-state index contributed by atoms with van der Waals surface area (Å²) in [6.07, 6.45) is 5.09. The molecule has 2 aromatic carbocycles. The predicted molar refractivity (Wildman–Crippen MR) is 136 cm³/mol. The number of hydrogen-bond donors (Lipinski definition) is 1. The fourth-order valence-corrected chi connectivity index (χ4v) is 5.32. The zero-order valence-electron chi connectivity index (χ0n) is 20.3. The van der Waals surface area contributed by atoms with Gasteiger partial charge in [-0.25, -0.2) is 4.79 Å². The number of ether oxygens (including phenoxy) is 3. The number of carboxylic acid groups (broad SMARTS) is 1. The third-order valence-corrected chi connectivity index (χ3v) is 7.17. The number of carboxylic acids is 1. The average molecular weight is 496 g/mol. The molecule has 0 unspecified atom stereocenters. The number of aryl methyl sites for hydroxylation is 1. The van der Waals surface area contributed by atoms with Crippen LogP contribution in [0.2, 0.25) is 0 Å². The molecule has 7 heteroatoms. The van der Waals surface area contributed by atoms with E-state index in [2.05, 4.69) is 28.9 Å². The lowest BCUT2D eigenvalue weighted by molar-refractivity contribution is -0.139. The highest BCUT2D eigenvalue weighted by molar-refractivity contribution is 7.99. The summed E-state index contributed by atoms with van der Waals surface area (Å²) in [5.41, 5.74) is 1.85. The topological polar surface area (TPSA) is 68.2 Å². The zero-order chi connectivity index (χ0) is 24.5. The summed E-state index contributed by atoms with van der Waals surface area (Å²) in [5, 5.41) is 8.86. The standard InChI is InChI=1S/C28H33NO5S/c1-21-15-25(8-9-27(21)34-20-28(30)31)35-26-17-23(7-4-10-29-11-13-32-14-12-29)16-24(18-26)33-19-22-5-2-3-6-22/h8-9,15-18,22H,2-3,5-6,10-14,19-20H2,1H3,(H,30,31). The molecule has 1 saturated heterocycles. The van der Waals surface area contributed by atoms with E-state index in [1.54, 1.807) is 11.8 Å². The maximum atomic E-state index is 10.8. The number of aliphatic carboxylic acids is 1. The second-order valence-electron chi connectivity index (χ2n) is 9.06. The number of rotatable bonds is 9. The molecule has 1 saturated carbocycles. The summed E-state index contributed by atoms with van der Waals surface area (Å²) >= 11 is 1.64. The zero-order valence-corrected chi connectivity index (χ0v) is 21.1. The number of carbonyl (C=O) groups is 1. The third kappa shape index (κ3) is 8.21. The smallest absolute Gasteiger partial charge is 0.341 e. The van der Waals surface area contributed by atoms with Crippen LogP contribution in [0.1, 0.15) is 36.8 Å². The monoisotopic (exact) mass is 495 g/mol. The second kappa shape index (κ2) is 12.9. The van der Waals surface area contributed by atoms with Crippen molar-refractivity contribution < 1.29 is 24.1 Å². The van der Waals surface area contributed by atoms with Gasteiger partial charge in [0, 0.05) is 28.4 Å². The van der Waals surface area contributed by atoms with Gasteiger partial charge in [-0.3, -0.25) is 4.90 Å². The minimum atomic E-state index is -0.987. The van der Waals surface area contributed by atoms with Gasteiger partial charge in [0.2, 0.25) is 0 Å². The fraction of sp³-hybridized carbons (Fsp3) is 0.464. The molecule has 0 radical (unpaired) electrons.